The van der Waals surface area contributed by atoms with Crippen LogP contribution in [0, 0.1) is 0 Å². The van der Waals surface area contributed by atoms with Crippen molar-refractivity contribution in [2.24, 2.45) is 5.73 Å². The molecule has 5 heteroatoms. The Labute approximate surface area is 118 Å². The van der Waals surface area contributed by atoms with E-state index in [2.05, 4.69) is 10.4 Å². The number of carbonyl (C=O) groups is 1. The fourth-order valence-corrected chi connectivity index (χ4v) is 1.85. The van der Waals surface area contributed by atoms with Crippen molar-refractivity contribution in [2.75, 3.05) is 0 Å². The zero-order valence-electron chi connectivity index (χ0n) is 11.8. The molecule has 2 rings (SSSR count). The van der Waals surface area contributed by atoms with Crippen molar-refractivity contribution < 1.29 is 4.79 Å². The summed E-state index contributed by atoms with van der Waals surface area (Å²) in [6.45, 7) is 4.13. The van der Waals surface area contributed by atoms with E-state index in [0.717, 1.165) is 11.3 Å². The number of nitrogens with two attached hydrogens (primary N) is 1. The maximum atomic E-state index is 11.7. The summed E-state index contributed by atoms with van der Waals surface area (Å²) in [6, 6.07) is 9.84. The molecule has 0 fully saturated rings. The van der Waals surface area contributed by atoms with Crippen LogP contribution in [0.5, 0.6) is 0 Å². The van der Waals surface area contributed by atoms with Crippen molar-refractivity contribution in [1.82, 2.24) is 15.1 Å². The minimum atomic E-state index is -0.488. The number of nitrogens with zero attached hydrogens (tertiary/aromatic N) is 2. The minimum Gasteiger partial charge on any atom is -0.352 e. The second-order valence-electron chi connectivity index (χ2n) is 5.57. The molecule has 3 N–H and O–H groups in total. The first-order valence-corrected chi connectivity index (χ1v) is 6.59. The Hall–Kier alpha value is -2.14. The molecule has 0 aliphatic heterocycles. The van der Waals surface area contributed by atoms with E-state index in [9.17, 15) is 4.79 Å². The first kappa shape index (κ1) is 14.3. The SMILES string of the molecule is CC(C)(N)CC(=O)NCc1cnn(-c2ccccc2)c1. The highest BCUT2D eigenvalue weighted by atomic mass is 16.1. The summed E-state index contributed by atoms with van der Waals surface area (Å²) in [6.07, 6.45) is 3.96. The molecule has 0 saturated heterocycles. The molecule has 20 heavy (non-hydrogen) atoms. The largest absolute Gasteiger partial charge is 0.352 e. The van der Waals surface area contributed by atoms with Gasteiger partial charge >= 0.3 is 0 Å². The highest BCUT2D eigenvalue weighted by Gasteiger charge is 2.16. The van der Waals surface area contributed by atoms with Gasteiger partial charge in [0.2, 0.25) is 5.91 Å². The second kappa shape index (κ2) is 5.88. The quantitative estimate of drug-likeness (QED) is 0.868. The molecule has 0 saturated carbocycles. The highest BCUT2D eigenvalue weighted by Crippen LogP contribution is 2.08. The number of hydrogen-bond donors (Lipinski definition) is 2. The predicted octanol–water partition coefficient (Wildman–Crippen LogP) is 1.62. The van der Waals surface area contributed by atoms with Gasteiger partial charge in [-0.3, -0.25) is 4.79 Å². The highest BCUT2D eigenvalue weighted by molar-refractivity contribution is 5.77. The number of para-hydroxylation sites is 1. The van der Waals surface area contributed by atoms with Gasteiger partial charge in [-0.15, -0.1) is 0 Å². The third kappa shape index (κ3) is 4.20. The molecule has 0 spiro atoms. The molecule has 1 aromatic carbocycles. The van der Waals surface area contributed by atoms with Crippen LogP contribution in [0.3, 0.4) is 0 Å². The van der Waals surface area contributed by atoms with Crippen LogP contribution in [0.4, 0.5) is 0 Å². The summed E-state index contributed by atoms with van der Waals surface area (Å²) in [5, 5.41) is 7.13. The van der Waals surface area contributed by atoms with Gasteiger partial charge in [0, 0.05) is 30.3 Å². The van der Waals surface area contributed by atoms with Crippen LogP contribution < -0.4 is 11.1 Å². The maximum Gasteiger partial charge on any atom is 0.222 e. The fourth-order valence-electron chi connectivity index (χ4n) is 1.85. The Bertz CT molecular complexity index is 569. The molecule has 0 bridgehead atoms. The van der Waals surface area contributed by atoms with Crippen molar-refractivity contribution >= 4 is 5.91 Å². The number of nitrogens with one attached hydrogen (secondary N) is 1. The van der Waals surface area contributed by atoms with E-state index in [1.54, 1.807) is 10.9 Å². The zero-order valence-corrected chi connectivity index (χ0v) is 11.8. The summed E-state index contributed by atoms with van der Waals surface area (Å²) < 4.78 is 1.79. The van der Waals surface area contributed by atoms with E-state index >= 15 is 0 Å². The molecular weight excluding hydrogens is 252 g/mol. The van der Waals surface area contributed by atoms with E-state index in [1.807, 2.05) is 50.4 Å². The van der Waals surface area contributed by atoms with Gasteiger partial charge in [0.15, 0.2) is 0 Å². The molecule has 106 valence electrons. The Kier molecular flexibility index (Phi) is 4.20. The minimum absolute atomic E-state index is 0.0510. The average Bonchev–Trinajstić information content (AvgIpc) is 2.84. The molecule has 0 atom stereocenters. The van der Waals surface area contributed by atoms with Crippen molar-refractivity contribution in [3.63, 3.8) is 0 Å². The molecule has 1 amide bonds. The van der Waals surface area contributed by atoms with Gasteiger partial charge in [0.25, 0.3) is 0 Å². The van der Waals surface area contributed by atoms with E-state index in [0.29, 0.717) is 13.0 Å². The molecule has 0 unspecified atom stereocenters. The van der Waals surface area contributed by atoms with Gasteiger partial charge in [-0.05, 0) is 26.0 Å². The topological polar surface area (TPSA) is 72.9 Å². The number of amides is 1. The van der Waals surface area contributed by atoms with E-state index in [4.69, 9.17) is 5.73 Å². The second-order valence-corrected chi connectivity index (χ2v) is 5.57. The molecule has 2 aromatic rings. The number of hydrogen-bond acceptors (Lipinski definition) is 3. The summed E-state index contributed by atoms with van der Waals surface area (Å²) >= 11 is 0. The Morgan fingerprint density at radius 3 is 2.70 bits per heavy atom. The lowest BCUT2D eigenvalue weighted by Gasteiger charge is -2.17. The lowest BCUT2D eigenvalue weighted by atomic mass is 10.0. The molecule has 1 aromatic heterocycles. The van der Waals surface area contributed by atoms with Crippen LogP contribution in [0.15, 0.2) is 42.7 Å². The number of aromatic nitrogens is 2. The van der Waals surface area contributed by atoms with Gasteiger partial charge in [0.1, 0.15) is 0 Å². The van der Waals surface area contributed by atoms with Gasteiger partial charge < -0.3 is 11.1 Å². The molecule has 5 nitrogen and oxygen atoms in total. The number of rotatable bonds is 5. The van der Waals surface area contributed by atoms with Crippen molar-refractivity contribution in [1.29, 1.82) is 0 Å². The smallest absolute Gasteiger partial charge is 0.222 e. The van der Waals surface area contributed by atoms with Crippen molar-refractivity contribution in [2.45, 2.75) is 32.4 Å². The third-order valence-electron chi connectivity index (χ3n) is 2.76. The normalized spacial score (nSPS) is 11.3. The molecule has 0 radical (unpaired) electrons. The Morgan fingerprint density at radius 1 is 1.35 bits per heavy atom. The fraction of sp³-hybridized carbons (Fsp3) is 0.333. The van der Waals surface area contributed by atoms with Crippen molar-refractivity contribution in [3.05, 3.63) is 48.3 Å². The Morgan fingerprint density at radius 2 is 2.05 bits per heavy atom. The Balaban J connectivity index is 1.92. The first-order chi connectivity index (χ1) is 9.44. The average molecular weight is 272 g/mol. The molecule has 1 heterocycles. The summed E-state index contributed by atoms with van der Waals surface area (Å²) in [5.74, 6) is -0.0510. The standard InChI is InChI=1S/C15H20N4O/c1-15(2,16)8-14(20)17-9-12-10-18-19(11-12)13-6-4-3-5-7-13/h3-7,10-11H,8-9,16H2,1-2H3,(H,17,20). The summed E-state index contributed by atoms with van der Waals surface area (Å²) in [4.78, 5) is 11.7. The summed E-state index contributed by atoms with van der Waals surface area (Å²) in [7, 11) is 0. The third-order valence-corrected chi connectivity index (χ3v) is 2.76. The predicted molar refractivity (Wildman–Crippen MR) is 78.3 cm³/mol. The first-order valence-electron chi connectivity index (χ1n) is 6.59. The van der Waals surface area contributed by atoms with Gasteiger partial charge in [-0.25, -0.2) is 4.68 Å². The zero-order chi connectivity index (χ0) is 14.6. The molecular formula is C15H20N4O. The maximum absolute atomic E-state index is 11.7. The van der Waals surface area contributed by atoms with Crippen LogP contribution in [0.2, 0.25) is 0 Å². The van der Waals surface area contributed by atoms with Gasteiger partial charge in [0.05, 0.1) is 11.9 Å². The number of carbonyl (C=O) groups excluding carboxylic acids is 1. The number of benzene rings is 1. The van der Waals surface area contributed by atoms with Crippen LogP contribution in [-0.4, -0.2) is 21.2 Å². The van der Waals surface area contributed by atoms with Crippen LogP contribution >= 0.6 is 0 Å². The van der Waals surface area contributed by atoms with Crippen LogP contribution in [0.25, 0.3) is 5.69 Å². The van der Waals surface area contributed by atoms with Gasteiger partial charge in [-0.2, -0.15) is 5.10 Å². The van der Waals surface area contributed by atoms with Gasteiger partial charge in [-0.1, -0.05) is 18.2 Å². The van der Waals surface area contributed by atoms with Crippen LogP contribution in [0.1, 0.15) is 25.8 Å². The lowest BCUT2D eigenvalue weighted by molar-refractivity contribution is -0.122. The van der Waals surface area contributed by atoms with Crippen molar-refractivity contribution in [3.8, 4) is 5.69 Å². The lowest BCUT2D eigenvalue weighted by Crippen LogP contribution is -2.38. The summed E-state index contributed by atoms with van der Waals surface area (Å²) in [5.41, 5.74) is 7.27. The molecule has 0 aliphatic carbocycles. The van der Waals surface area contributed by atoms with E-state index < -0.39 is 5.54 Å². The monoisotopic (exact) mass is 272 g/mol. The van der Waals surface area contributed by atoms with Crippen LogP contribution in [-0.2, 0) is 11.3 Å². The van der Waals surface area contributed by atoms with E-state index in [-0.39, 0.29) is 5.91 Å². The molecule has 0 aliphatic rings. The van der Waals surface area contributed by atoms with E-state index in [1.165, 1.54) is 0 Å².